The van der Waals surface area contributed by atoms with Crippen LogP contribution in [-0.4, -0.2) is 16.9 Å². The van der Waals surface area contributed by atoms with Crippen LogP contribution in [0.2, 0.25) is 0 Å². The van der Waals surface area contributed by atoms with Gasteiger partial charge in [0.1, 0.15) is 22.9 Å². The van der Waals surface area contributed by atoms with Crippen LogP contribution in [0.5, 0.6) is 11.5 Å². The van der Waals surface area contributed by atoms with Gasteiger partial charge >= 0.3 is 5.97 Å². The number of aromatic carboxylic acids is 1. The van der Waals surface area contributed by atoms with Gasteiger partial charge in [-0.3, -0.25) is 4.79 Å². The van der Waals surface area contributed by atoms with E-state index in [1.54, 1.807) is 42.5 Å². The number of ketones is 1. The number of carbonyl (C=O) groups is 2. The Labute approximate surface area is 143 Å². The molecule has 0 radical (unpaired) electrons. The molecule has 0 heterocycles. The fourth-order valence-electron chi connectivity index (χ4n) is 2.30. The number of benzene rings is 3. The number of rotatable bonds is 5. The monoisotopic (exact) mass is 336 g/mol. The molecule has 0 unspecified atom stereocenters. The zero-order chi connectivity index (χ0) is 17.8. The summed E-state index contributed by atoms with van der Waals surface area (Å²) in [6, 6.07) is 17.9. The molecule has 4 nitrogen and oxygen atoms in total. The standard InChI is InChI=1S/C20H13FO4/c21-15-9-5-13(6-10-15)19(22)14-7-11-16(12-8-14)25-18-4-2-1-3-17(18)20(23)24/h1-12H,(H,23,24). The van der Waals surface area contributed by atoms with Crippen molar-refractivity contribution in [3.05, 3.63) is 95.3 Å². The minimum Gasteiger partial charge on any atom is -0.478 e. The van der Waals surface area contributed by atoms with Crippen LogP contribution in [-0.2, 0) is 0 Å². The quantitative estimate of drug-likeness (QED) is 0.694. The van der Waals surface area contributed by atoms with Crippen molar-refractivity contribution in [3.8, 4) is 11.5 Å². The summed E-state index contributed by atoms with van der Waals surface area (Å²) >= 11 is 0. The molecule has 3 rings (SSSR count). The van der Waals surface area contributed by atoms with E-state index in [9.17, 15) is 14.0 Å². The van der Waals surface area contributed by atoms with E-state index in [1.165, 1.54) is 30.3 Å². The van der Waals surface area contributed by atoms with Crippen molar-refractivity contribution in [1.82, 2.24) is 0 Å². The van der Waals surface area contributed by atoms with E-state index >= 15 is 0 Å². The molecule has 0 aromatic heterocycles. The SMILES string of the molecule is O=C(c1ccc(F)cc1)c1ccc(Oc2ccccc2C(=O)O)cc1. The Hall–Kier alpha value is -3.47. The van der Waals surface area contributed by atoms with Crippen LogP contribution in [0, 0.1) is 5.82 Å². The minimum atomic E-state index is -1.08. The van der Waals surface area contributed by atoms with Gasteiger partial charge in [0.15, 0.2) is 5.78 Å². The second kappa shape index (κ2) is 6.97. The highest BCUT2D eigenvalue weighted by molar-refractivity contribution is 6.09. The number of carboxylic acid groups (broad SMARTS) is 1. The first-order valence-electron chi connectivity index (χ1n) is 7.45. The smallest absolute Gasteiger partial charge is 0.339 e. The van der Waals surface area contributed by atoms with Crippen molar-refractivity contribution in [2.24, 2.45) is 0 Å². The van der Waals surface area contributed by atoms with Crippen LogP contribution in [0.15, 0.2) is 72.8 Å². The van der Waals surface area contributed by atoms with Gasteiger partial charge in [-0.2, -0.15) is 0 Å². The number of para-hydroxylation sites is 1. The van der Waals surface area contributed by atoms with Gasteiger partial charge < -0.3 is 9.84 Å². The van der Waals surface area contributed by atoms with Gasteiger partial charge in [-0.25, -0.2) is 9.18 Å². The van der Waals surface area contributed by atoms with Crippen LogP contribution in [0.3, 0.4) is 0 Å². The average molecular weight is 336 g/mol. The molecule has 3 aromatic rings. The zero-order valence-corrected chi connectivity index (χ0v) is 13.0. The molecule has 5 heteroatoms. The van der Waals surface area contributed by atoms with Crippen LogP contribution in [0.25, 0.3) is 0 Å². The largest absolute Gasteiger partial charge is 0.478 e. The molecule has 0 atom stereocenters. The Morgan fingerprint density at radius 3 is 1.96 bits per heavy atom. The summed E-state index contributed by atoms with van der Waals surface area (Å²) in [5, 5.41) is 9.15. The van der Waals surface area contributed by atoms with Crippen LogP contribution in [0.4, 0.5) is 4.39 Å². The lowest BCUT2D eigenvalue weighted by molar-refractivity contribution is 0.0694. The molecule has 1 N–H and O–H groups in total. The molecule has 0 saturated carbocycles. The van der Waals surface area contributed by atoms with Crippen molar-refractivity contribution < 1.29 is 23.8 Å². The fraction of sp³-hybridized carbons (Fsp3) is 0. The molecule has 124 valence electrons. The summed E-state index contributed by atoms with van der Waals surface area (Å²) in [4.78, 5) is 23.5. The first-order chi connectivity index (χ1) is 12.0. The Morgan fingerprint density at radius 2 is 1.36 bits per heavy atom. The molecule has 25 heavy (non-hydrogen) atoms. The Bertz CT molecular complexity index is 915. The van der Waals surface area contributed by atoms with E-state index in [4.69, 9.17) is 9.84 Å². The Kier molecular flexibility index (Phi) is 4.57. The van der Waals surface area contributed by atoms with E-state index in [0.717, 1.165) is 0 Å². The van der Waals surface area contributed by atoms with E-state index in [2.05, 4.69) is 0 Å². The Balaban J connectivity index is 1.80. The molecule has 0 aliphatic carbocycles. The van der Waals surface area contributed by atoms with Crippen LogP contribution >= 0.6 is 0 Å². The third-order valence-corrected chi connectivity index (χ3v) is 3.57. The second-order valence-electron chi connectivity index (χ2n) is 5.26. The molecule has 0 bridgehead atoms. The topological polar surface area (TPSA) is 63.6 Å². The van der Waals surface area contributed by atoms with E-state index < -0.39 is 11.8 Å². The van der Waals surface area contributed by atoms with Gasteiger partial charge in [0.05, 0.1) is 0 Å². The van der Waals surface area contributed by atoms with Crippen molar-refractivity contribution in [2.45, 2.75) is 0 Å². The lowest BCUT2D eigenvalue weighted by atomic mass is 10.0. The van der Waals surface area contributed by atoms with Gasteiger partial charge in [-0.05, 0) is 60.7 Å². The lowest BCUT2D eigenvalue weighted by Crippen LogP contribution is -2.02. The van der Waals surface area contributed by atoms with Crippen LogP contribution < -0.4 is 4.74 Å². The molecule has 0 aliphatic heterocycles. The van der Waals surface area contributed by atoms with Gasteiger partial charge in [0, 0.05) is 11.1 Å². The number of carboxylic acids is 1. The summed E-state index contributed by atoms with van der Waals surface area (Å²) < 4.78 is 18.5. The van der Waals surface area contributed by atoms with Crippen molar-refractivity contribution in [1.29, 1.82) is 0 Å². The third-order valence-electron chi connectivity index (χ3n) is 3.57. The maximum Gasteiger partial charge on any atom is 0.339 e. The van der Waals surface area contributed by atoms with Gasteiger partial charge in [-0.1, -0.05) is 12.1 Å². The molecule has 3 aromatic carbocycles. The average Bonchev–Trinajstić information content (AvgIpc) is 2.63. The second-order valence-corrected chi connectivity index (χ2v) is 5.26. The predicted octanol–water partition coefficient (Wildman–Crippen LogP) is 4.55. The van der Waals surface area contributed by atoms with Gasteiger partial charge in [-0.15, -0.1) is 0 Å². The normalized spacial score (nSPS) is 10.3. The van der Waals surface area contributed by atoms with E-state index in [1.807, 2.05) is 0 Å². The van der Waals surface area contributed by atoms with Gasteiger partial charge in [0.2, 0.25) is 0 Å². The molecular formula is C20H13FO4. The van der Waals surface area contributed by atoms with Crippen molar-refractivity contribution in [2.75, 3.05) is 0 Å². The number of hydrogen-bond acceptors (Lipinski definition) is 3. The molecule has 0 saturated heterocycles. The summed E-state index contributed by atoms with van der Waals surface area (Å²) in [6.07, 6.45) is 0. The minimum absolute atomic E-state index is 0.0500. The fourth-order valence-corrected chi connectivity index (χ4v) is 2.30. The molecule has 0 spiro atoms. The molecule has 0 aliphatic rings. The first kappa shape index (κ1) is 16.4. The maximum absolute atomic E-state index is 12.9. The summed E-state index contributed by atoms with van der Waals surface area (Å²) in [7, 11) is 0. The zero-order valence-electron chi connectivity index (χ0n) is 13.0. The third kappa shape index (κ3) is 3.72. The number of ether oxygens (including phenoxy) is 1. The highest BCUT2D eigenvalue weighted by Crippen LogP contribution is 2.26. The number of carbonyl (C=O) groups excluding carboxylic acids is 1. The van der Waals surface area contributed by atoms with Crippen molar-refractivity contribution >= 4 is 11.8 Å². The number of halogens is 1. The lowest BCUT2D eigenvalue weighted by Gasteiger charge is -2.09. The molecular weight excluding hydrogens is 323 g/mol. The maximum atomic E-state index is 12.9. The summed E-state index contributed by atoms with van der Waals surface area (Å²) in [5.41, 5.74) is 0.853. The summed E-state index contributed by atoms with van der Waals surface area (Å²) in [6.45, 7) is 0. The van der Waals surface area contributed by atoms with Gasteiger partial charge in [0.25, 0.3) is 0 Å². The predicted molar refractivity (Wildman–Crippen MR) is 89.7 cm³/mol. The highest BCUT2D eigenvalue weighted by atomic mass is 19.1. The Morgan fingerprint density at radius 1 is 0.800 bits per heavy atom. The van der Waals surface area contributed by atoms with E-state index in [-0.39, 0.29) is 17.1 Å². The molecule has 0 amide bonds. The van der Waals surface area contributed by atoms with E-state index in [0.29, 0.717) is 16.9 Å². The van der Waals surface area contributed by atoms with Crippen LogP contribution in [0.1, 0.15) is 26.3 Å². The first-order valence-corrected chi connectivity index (χ1v) is 7.45. The summed E-state index contributed by atoms with van der Waals surface area (Å²) in [5.74, 6) is -1.11. The molecule has 0 fully saturated rings. The highest BCUT2D eigenvalue weighted by Gasteiger charge is 2.12. The number of hydrogen-bond donors (Lipinski definition) is 1. The van der Waals surface area contributed by atoms with Crippen molar-refractivity contribution in [3.63, 3.8) is 0 Å².